The van der Waals surface area contributed by atoms with E-state index in [1.165, 1.54) is 4.31 Å². The molecule has 2 saturated heterocycles. The van der Waals surface area contributed by atoms with Gasteiger partial charge in [-0.15, -0.1) is 0 Å². The molecule has 22 heavy (non-hydrogen) atoms. The minimum atomic E-state index is -3.74. The molecule has 2 heterocycles. The van der Waals surface area contributed by atoms with E-state index in [1.807, 2.05) is 0 Å². The first-order valence-corrected chi connectivity index (χ1v) is 9.47. The summed E-state index contributed by atoms with van der Waals surface area (Å²) in [5, 5.41) is 0. The third kappa shape index (κ3) is 4.19. The molecule has 0 radical (unpaired) electrons. The van der Waals surface area contributed by atoms with E-state index in [-0.39, 0.29) is 5.91 Å². The van der Waals surface area contributed by atoms with Gasteiger partial charge in [0.1, 0.15) is 0 Å². The number of hydrogen-bond acceptors (Lipinski definition) is 4. The SMILES string of the molecule is CCC(=O)N1CCCC(C(=O)NS(=O)(=O)N2CCCCC2)C1. The monoisotopic (exact) mass is 331 g/mol. The van der Waals surface area contributed by atoms with Crippen molar-refractivity contribution in [3.05, 3.63) is 0 Å². The molecule has 0 aromatic rings. The Morgan fingerprint density at radius 2 is 1.77 bits per heavy atom. The van der Waals surface area contributed by atoms with Crippen LogP contribution in [0.5, 0.6) is 0 Å². The summed E-state index contributed by atoms with van der Waals surface area (Å²) in [6.07, 6.45) is 4.44. The molecule has 0 saturated carbocycles. The Hall–Kier alpha value is -1.15. The van der Waals surface area contributed by atoms with Crippen molar-refractivity contribution in [3.8, 4) is 0 Å². The lowest BCUT2D eigenvalue weighted by Crippen LogP contribution is -2.50. The Bertz CT molecular complexity index is 514. The van der Waals surface area contributed by atoms with Gasteiger partial charge < -0.3 is 4.90 Å². The summed E-state index contributed by atoms with van der Waals surface area (Å²) < 4.78 is 28.0. The number of hydrogen-bond donors (Lipinski definition) is 1. The molecule has 1 unspecified atom stereocenters. The van der Waals surface area contributed by atoms with Gasteiger partial charge in [0, 0.05) is 32.6 Å². The molecule has 1 atom stereocenters. The maximum atomic E-state index is 12.3. The molecule has 0 aromatic heterocycles. The molecule has 2 amide bonds. The highest BCUT2D eigenvalue weighted by molar-refractivity contribution is 7.87. The van der Waals surface area contributed by atoms with Crippen molar-refractivity contribution in [2.45, 2.75) is 45.4 Å². The molecule has 0 bridgehead atoms. The van der Waals surface area contributed by atoms with Crippen LogP contribution >= 0.6 is 0 Å². The molecule has 8 heteroatoms. The number of carbonyl (C=O) groups excluding carboxylic acids is 2. The third-order valence-electron chi connectivity index (χ3n) is 4.33. The first-order chi connectivity index (χ1) is 10.4. The lowest BCUT2D eigenvalue weighted by Gasteiger charge is -2.32. The zero-order chi connectivity index (χ0) is 16.2. The normalized spacial score (nSPS) is 24.0. The van der Waals surface area contributed by atoms with Gasteiger partial charge in [-0.2, -0.15) is 12.7 Å². The lowest BCUT2D eigenvalue weighted by molar-refractivity contribution is -0.134. The van der Waals surface area contributed by atoms with Crippen LogP contribution in [-0.4, -0.2) is 55.6 Å². The van der Waals surface area contributed by atoms with E-state index in [0.717, 1.165) is 25.7 Å². The van der Waals surface area contributed by atoms with Gasteiger partial charge >= 0.3 is 10.2 Å². The Labute approximate surface area is 132 Å². The summed E-state index contributed by atoms with van der Waals surface area (Å²) in [6.45, 7) is 3.68. The molecule has 2 fully saturated rings. The predicted molar refractivity (Wildman–Crippen MR) is 82.1 cm³/mol. The van der Waals surface area contributed by atoms with Gasteiger partial charge in [-0.05, 0) is 25.7 Å². The van der Waals surface area contributed by atoms with E-state index >= 15 is 0 Å². The third-order valence-corrected chi connectivity index (χ3v) is 5.84. The van der Waals surface area contributed by atoms with Crippen LogP contribution in [0.1, 0.15) is 45.4 Å². The van der Waals surface area contributed by atoms with Crippen LogP contribution in [0.15, 0.2) is 0 Å². The highest BCUT2D eigenvalue weighted by Gasteiger charge is 2.32. The summed E-state index contributed by atoms with van der Waals surface area (Å²) in [5.74, 6) is -0.917. The summed E-state index contributed by atoms with van der Waals surface area (Å²) in [6, 6.07) is 0. The number of nitrogens with one attached hydrogen (secondary N) is 1. The fraction of sp³-hybridized carbons (Fsp3) is 0.857. The quantitative estimate of drug-likeness (QED) is 0.812. The molecule has 2 rings (SSSR count). The van der Waals surface area contributed by atoms with Crippen molar-refractivity contribution in [1.29, 1.82) is 0 Å². The number of likely N-dealkylation sites (tertiary alicyclic amines) is 1. The van der Waals surface area contributed by atoms with Crippen molar-refractivity contribution >= 4 is 22.0 Å². The van der Waals surface area contributed by atoms with Gasteiger partial charge in [0.05, 0.1) is 5.92 Å². The zero-order valence-corrected chi connectivity index (χ0v) is 13.9. The van der Waals surface area contributed by atoms with E-state index in [1.54, 1.807) is 11.8 Å². The second-order valence-electron chi connectivity index (χ2n) is 5.96. The molecular formula is C14H25N3O4S. The molecule has 7 nitrogen and oxygen atoms in total. The molecule has 126 valence electrons. The van der Waals surface area contributed by atoms with E-state index in [0.29, 0.717) is 39.0 Å². The maximum Gasteiger partial charge on any atom is 0.303 e. The Morgan fingerprint density at radius 3 is 2.41 bits per heavy atom. The van der Waals surface area contributed by atoms with Crippen LogP contribution in [0, 0.1) is 5.92 Å². The average molecular weight is 331 g/mol. The summed E-state index contributed by atoms with van der Waals surface area (Å²) >= 11 is 0. The molecular weight excluding hydrogens is 306 g/mol. The van der Waals surface area contributed by atoms with E-state index in [2.05, 4.69) is 4.72 Å². The summed E-state index contributed by atoms with van der Waals surface area (Å²) in [7, 11) is -3.74. The second kappa shape index (κ2) is 7.41. The van der Waals surface area contributed by atoms with Crippen molar-refractivity contribution in [2.75, 3.05) is 26.2 Å². The lowest BCUT2D eigenvalue weighted by atomic mass is 9.97. The topological polar surface area (TPSA) is 86.8 Å². The number of piperidine rings is 2. The number of rotatable bonds is 4. The summed E-state index contributed by atoms with van der Waals surface area (Å²) in [5.41, 5.74) is 0. The van der Waals surface area contributed by atoms with E-state index < -0.39 is 22.0 Å². The standard InChI is InChI=1S/C14H25N3O4S/c1-2-13(18)16-8-6-7-12(11-16)14(19)15-22(20,21)17-9-4-3-5-10-17/h12H,2-11H2,1H3,(H,15,19). The fourth-order valence-electron chi connectivity index (χ4n) is 3.02. The Kier molecular flexibility index (Phi) is 5.80. The summed E-state index contributed by atoms with van der Waals surface area (Å²) in [4.78, 5) is 25.6. The molecule has 2 aliphatic rings. The van der Waals surface area contributed by atoms with Crippen LogP contribution in [0.3, 0.4) is 0 Å². The highest BCUT2D eigenvalue weighted by atomic mass is 32.2. The van der Waals surface area contributed by atoms with Gasteiger partial charge in [-0.3, -0.25) is 9.59 Å². The number of amides is 2. The molecule has 0 aliphatic carbocycles. The van der Waals surface area contributed by atoms with Gasteiger partial charge in [0.15, 0.2) is 0 Å². The minimum absolute atomic E-state index is 0.0105. The minimum Gasteiger partial charge on any atom is -0.342 e. The molecule has 0 aromatic carbocycles. The second-order valence-corrected chi connectivity index (χ2v) is 7.63. The number of carbonyl (C=O) groups is 2. The molecule has 0 spiro atoms. The zero-order valence-electron chi connectivity index (χ0n) is 13.1. The molecule has 1 N–H and O–H groups in total. The van der Waals surface area contributed by atoms with Crippen LogP contribution in [0.2, 0.25) is 0 Å². The van der Waals surface area contributed by atoms with E-state index in [4.69, 9.17) is 0 Å². The van der Waals surface area contributed by atoms with Crippen molar-refractivity contribution in [1.82, 2.24) is 13.9 Å². The van der Waals surface area contributed by atoms with Crippen LogP contribution in [0.4, 0.5) is 0 Å². The maximum absolute atomic E-state index is 12.3. The van der Waals surface area contributed by atoms with Crippen molar-refractivity contribution in [2.24, 2.45) is 5.92 Å². The van der Waals surface area contributed by atoms with E-state index in [9.17, 15) is 18.0 Å². The first kappa shape index (κ1) is 17.2. The largest absolute Gasteiger partial charge is 0.342 e. The predicted octanol–water partition coefficient (Wildman–Crippen LogP) is 0.482. The van der Waals surface area contributed by atoms with Gasteiger partial charge in [-0.1, -0.05) is 13.3 Å². The fourth-order valence-corrected chi connectivity index (χ4v) is 4.31. The Balaban J connectivity index is 1.94. The van der Waals surface area contributed by atoms with Gasteiger partial charge in [0.2, 0.25) is 11.8 Å². The first-order valence-electron chi connectivity index (χ1n) is 8.03. The van der Waals surface area contributed by atoms with Gasteiger partial charge in [-0.25, -0.2) is 4.72 Å². The molecule has 2 aliphatic heterocycles. The van der Waals surface area contributed by atoms with Crippen molar-refractivity contribution < 1.29 is 18.0 Å². The average Bonchev–Trinajstić information content (AvgIpc) is 2.54. The van der Waals surface area contributed by atoms with Crippen LogP contribution in [0.25, 0.3) is 0 Å². The van der Waals surface area contributed by atoms with Gasteiger partial charge in [0.25, 0.3) is 0 Å². The van der Waals surface area contributed by atoms with Crippen molar-refractivity contribution in [3.63, 3.8) is 0 Å². The van der Waals surface area contributed by atoms with Crippen LogP contribution in [-0.2, 0) is 19.8 Å². The smallest absolute Gasteiger partial charge is 0.303 e. The van der Waals surface area contributed by atoms with Crippen LogP contribution < -0.4 is 4.72 Å². The Morgan fingerprint density at radius 1 is 1.09 bits per heavy atom. The highest BCUT2D eigenvalue weighted by Crippen LogP contribution is 2.18. The number of nitrogens with zero attached hydrogens (tertiary/aromatic N) is 2.